The van der Waals surface area contributed by atoms with E-state index in [1.54, 1.807) is 0 Å². The molecule has 1 aromatic rings. The summed E-state index contributed by atoms with van der Waals surface area (Å²) in [6.07, 6.45) is 1.67. The molecule has 100 valence electrons. The number of amides is 1. The van der Waals surface area contributed by atoms with Gasteiger partial charge in [0.15, 0.2) is 0 Å². The third-order valence-corrected chi connectivity index (χ3v) is 3.53. The van der Waals surface area contributed by atoms with Crippen LogP contribution in [0.5, 0.6) is 0 Å². The van der Waals surface area contributed by atoms with Gasteiger partial charge in [0.1, 0.15) is 0 Å². The van der Waals surface area contributed by atoms with Crippen molar-refractivity contribution in [1.82, 2.24) is 5.32 Å². The standard InChI is InChI=1S/C15H24N2O/c1-5-15(4,8-9-16)17-14(18)13-10-11(2)6-7-12(13)3/h6-7,10H,5,8-9,16H2,1-4H3,(H,17,18). The minimum atomic E-state index is -0.220. The van der Waals surface area contributed by atoms with Gasteiger partial charge in [0.05, 0.1) is 0 Å². The lowest BCUT2D eigenvalue weighted by atomic mass is 9.93. The highest BCUT2D eigenvalue weighted by Crippen LogP contribution is 2.16. The van der Waals surface area contributed by atoms with Crippen LogP contribution in [0.25, 0.3) is 0 Å². The summed E-state index contributed by atoms with van der Waals surface area (Å²) in [7, 11) is 0. The first kappa shape index (κ1) is 14.7. The SMILES string of the molecule is CCC(C)(CCN)NC(=O)c1cc(C)ccc1C. The van der Waals surface area contributed by atoms with Crippen LogP contribution in [0.15, 0.2) is 18.2 Å². The van der Waals surface area contributed by atoms with Gasteiger partial charge >= 0.3 is 0 Å². The number of nitrogens with two attached hydrogens (primary N) is 1. The predicted molar refractivity (Wildman–Crippen MR) is 75.7 cm³/mol. The normalized spacial score (nSPS) is 14.1. The van der Waals surface area contributed by atoms with Crippen LogP contribution < -0.4 is 11.1 Å². The molecule has 1 unspecified atom stereocenters. The maximum Gasteiger partial charge on any atom is 0.251 e. The van der Waals surface area contributed by atoms with E-state index in [9.17, 15) is 4.79 Å². The number of nitrogens with one attached hydrogen (secondary N) is 1. The van der Waals surface area contributed by atoms with Gasteiger partial charge < -0.3 is 11.1 Å². The molecule has 3 N–H and O–H groups in total. The molecule has 1 atom stereocenters. The fourth-order valence-corrected chi connectivity index (χ4v) is 1.97. The summed E-state index contributed by atoms with van der Waals surface area (Å²) >= 11 is 0. The summed E-state index contributed by atoms with van der Waals surface area (Å²) in [6.45, 7) is 8.65. The Labute approximate surface area is 110 Å². The number of aryl methyl sites for hydroxylation is 2. The zero-order chi connectivity index (χ0) is 13.8. The van der Waals surface area contributed by atoms with Gasteiger partial charge in [0.25, 0.3) is 5.91 Å². The molecule has 0 heterocycles. The topological polar surface area (TPSA) is 55.1 Å². The second-order valence-corrected chi connectivity index (χ2v) is 5.23. The lowest BCUT2D eigenvalue weighted by Crippen LogP contribution is -2.47. The van der Waals surface area contributed by atoms with Crippen LogP contribution in [0.3, 0.4) is 0 Å². The molecule has 0 aliphatic carbocycles. The van der Waals surface area contributed by atoms with Crippen molar-refractivity contribution in [3.8, 4) is 0 Å². The minimum Gasteiger partial charge on any atom is -0.347 e. The van der Waals surface area contributed by atoms with Gasteiger partial charge in [-0.25, -0.2) is 0 Å². The monoisotopic (exact) mass is 248 g/mol. The highest BCUT2D eigenvalue weighted by molar-refractivity contribution is 5.96. The Morgan fingerprint density at radius 1 is 1.39 bits per heavy atom. The van der Waals surface area contributed by atoms with Crippen LogP contribution in [0.4, 0.5) is 0 Å². The van der Waals surface area contributed by atoms with Crippen LogP contribution in [0.2, 0.25) is 0 Å². The van der Waals surface area contributed by atoms with Crippen LogP contribution in [-0.2, 0) is 0 Å². The number of rotatable bonds is 5. The molecule has 1 rings (SSSR count). The number of carbonyl (C=O) groups excluding carboxylic acids is 1. The summed E-state index contributed by atoms with van der Waals surface area (Å²) in [5.74, 6) is -0.00556. The molecule has 0 spiro atoms. The molecule has 0 bridgehead atoms. The Kier molecular flexibility index (Phi) is 4.91. The molecule has 0 fully saturated rings. The van der Waals surface area contributed by atoms with Crippen LogP contribution in [0, 0.1) is 13.8 Å². The first-order valence-electron chi connectivity index (χ1n) is 6.51. The van der Waals surface area contributed by atoms with E-state index < -0.39 is 0 Å². The van der Waals surface area contributed by atoms with E-state index in [0.717, 1.165) is 29.5 Å². The van der Waals surface area contributed by atoms with Crippen molar-refractivity contribution in [2.24, 2.45) is 5.73 Å². The van der Waals surface area contributed by atoms with Crippen molar-refractivity contribution in [3.63, 3.8) is 0 Å². The third kappa shape index (κ3) is 3.57. The van der Waals surface area contributed by atoms with Gasteiger partial charge in [-0.2, -0.15) is 0 Å². The van der Waals surface area contributed by atoms with Crippen LogP contribution in [0.1, 0.15) is 48.2 Å². The fourth-order valence-electron chi connectivity index (χ4n) is 1.97. The Morgan fingerprint density at radius 2 is 2.06 bits per heavy atom. The molecular formula is C15H24N2O. The fraction of sp³-hybridized carbons (Fsp3) is 0.533. The maximum absolute atomic E-state index is 12.3. The molecular weight excluding hydrogens is 224 g/mol. The molecule has 0 saturated carbocycles. The molecule has 18 heavy (non-hydrogen) atoms. The van der Waals surface area contributed by atoms with Gasteiger partial charge in [-0.3, -0.25) is 4.79 Å². The van der Waals surface area contributed by atoms with Gasteiger partial charge in [-0.1, -0.05) is 24.6 Å². The van der Waals surface area contributed by atoms with Gasteiger partial charge in [-0.15, -0.1) is 0 Å². The number of hydrogen-bond acceptors (Lipinski definition) is 2. The molecule has 1 amide bonds. The van der Waals surface area contributed by atoms with E-state index >= 15 is 0 Å². The molecule has 0 saturated heterocycles. The predicted octanol–water partition coefficient (Wildman–Crippen LogP) is 2.55. The van der Waals surface area contributed by atoms with Gasteiger partial charge in [-0.05, 0) is 51.8 Å². The largest absolute Gasteiger partial charge is 0.347 e. The number of carbonyl (C=O) groups is 1. The van der Waals surface area contributed by atoms with E-state index in [1.165, 1.54) is 0 Å². The average molecular weight is 248 g/mol. The van der Waals surface area contributed by atoms with Crippen molar-refractivity contribution in [1.29, 1.82) is 0 Å². The van der Waals surface area contributed by atoms with Crippen molar-refractivity contribution in [3.05, 3.63) is 34.9 Å². The second-order valence-electron chi connectivity index (χ2n) is 5.23. The van der Waals surface area contributed by atoms with Gasteiger partial charge in [0.2, 0.25) is 0 Å². The van der Waals surface area contributed by atoms with Crippen molar-refractivity contribution in [2.45, 2.75) is 46.1 Å². The van der Waals surface area contributed by atoms with Crippen molar-refractivity contribution >= 4 is 5.91 Å². The quantitative estimate of drug-likeness (QED) is 0.841. The van der Waals surface area contributed by atoms with Gasteiger partial charge in [0, 0.05) is 11.1 Å². The maximum atomic E-state index is 12.3. The molecule has 3 heteroatoms. The minimum absolute atomic E-state index is 0.00556. The molecule has 0 aromatic heterocycles. The highest BCUT2D eigenvalue weighted by Gasteiger charge is 2.24. The summed E-state index contributed by atoms with van der Waals surface area (Å²) in [5.41, 5.74) is 8.25. The average Bonchev–Trinajstić information content (AvgIpc) is 2.32. The summed E-state index contributed by atoms with van der Waals surface area (Å²) < 4.78 is 0. The number of benzene rings is 1. The Bertz CT molecular complexity index is 429. The van der Waals surface area contributed by atoms with E-state index in [-0.39, 0.29) is 11.4 Å². The van der Waals surface area contributed by atoms with E-state index in [0.29, 0.717) is 6.54 Å². The van der Waals surface area contributed by atoms with E-state index in [4.69, 9.17) is 5.73 Å². The van der Waals surface area contributed by atoms with Crippen molar-refractivity contribution < 1.29 is 4.79 Å². The van der Waals surface area contributed by atoms with Crippen molar-refractivity contribution in [2.75, 3.05) is 6.54 Å². The lowest BCUT2D eigenvalue weighted by Gasteiger charge is -2.29. The lowest BCUT2D eigenvalue weighted by molar-refractivity contribution is 0.0899. The van der Waals surface area contributed by atoms with E-state index in [1.807, 2.05) is 39.0 Å². The smallest absolute Gasteiger partial charge is 0.251 e. The summed E-state index contributed by atoms with van der Waals surface area (Å²) in [5, 5.41) is 3.11. The molecule has 3 nitrogen and oxygen atoms in total. The Hall–Kier alpha value is -1.35. The first-order valence-corrected chi connectivity index (χ1v) is 6.51. The zero-order valence-corrected chi connectivity index (χ0v) is 11.8. The second kappa shape index (κ2) is 6.01. The number of hydrogen-bond donors (Lipinski definition) is 2. The Balaban J connectivity index is 2.90. The van der Waals surface area contributed by atoms with Crippen LogP contribution in [-0.4, -0.2) is 18.0 Å². The first-order chi connectivity index (χ1) is 8.41. The zero-order valence-electron chi connectivity index (χ0n) is 11.8. The molecule has 1 aromatic carbocycles. The summed E-state index contributed by atoms with van der Waals surface area (Å²) in [6, 6.07) is 5.94. The van der Waals surface area contributed by atoms with E-state index in [2.05, 4.69) is 12.2 Å². The Morgan fingerprint density at radius 3 is 2.61 bits per heavy atom. The van der Waals surface area contributed by atoms with Crippen LogP contribution >= 0.6 is 0 Å². The highest BCUT2D eigenvalue weighted by atomic mass is 16.1. The molecule has 0 aliphatic rings. The molecule has 0 radical (unpaired) electrons. The third-order valence-electron chi connectivity index (χ3n) is 3.53. The molecule has 0 aliphatic heterocycles. The summed E-state index contributed by atoms with van der Waals surface area (Å²) in [4.78, 5) is 12.3.